The number of carboxylic acids is 1. The number of ether oxygens (including phenoxy) is 1. The highest BCUT2D eigenvalue weighted by atomic mass is 16.6. The summed E-state index contributed by atoms with van der Waals surface area (Å²) >= 11 is 0. The van der Waals surface area contributed by atoms with E-state index in [9.17, 15) is 14.4 Å². The first-order valence-electron chi connectivity index (χ1n) is 6.42. The number of aliphatic carboxylic acids is 1. The largest absolute Gasteiger partial charge is 0.481 e. The van der Waals surface area contributed by atoms with Gasteiger partial charge in [-0.05, 0) is 27.2 Å². The summed E-state index contributed by atoms with van der Waals surface area (Å²) in [6, 6.07) is -0.631. The smallest absolute Gasteiger partial charge is 0.410 e. The molecule has 0 spiro atoms. The van der Waals surface area contributed by atoms with Crippen LogP contribution in [0.25, 0.3) is 0 Å². The molecule has 1 aliphatic heterocycles. The molecule has 0 saturated carbocycles. The number of rotatable bonds is 2. The van der Waals surface area contributed by atoms with E-state index in [1.165, 1.54) is 4.90 Å². The number of hydrogen-bond donors (Lipinski definition) is 1. The molecule has 1 rings (SSSR count). The Morgan fingerprint density at radius 1 is 1.42 bits per heavy atom. The highest BCUT2D eigenvalue weighted by Gasteiger charge is 2.43. The van der Waals surface area contributed by atoms with Crippen molar-refractivity contribution in [1.82, 2.24) is 4.90 Å². The molecule has 1 N–H and O–H groups in total. The molecule has 1 saturated heterocycles. The van der Waals surface area contributed by atoms with Gasteiger partial charge >= 0.3 is 12.1 Å². The Kier molecular flexibility index (Phi) is 4.55. The lowest BCUT2D eigenvalue weighted by atomic mass is 9.86. The molecule has 108 valence electrons. The quantitative estimate of drug-likeness (QED) is 0.772. The molecule has 1 fully saturated rings. The minimum absolute atomic E-state index is 0.0622. The van der Waals surface area contributed by atoms with Gasteiger partial charge in [0, 0.05) is 13.0 Å². The molecular formula is C13H21NO5. The van der Waals surface area contributed by atoms with Crippen LogP contribution in [0.15, 0.2) is 0 Å². The van der Waals surface area contributed by atoms with E-state index in [0.29, 0.717) is 6.42 Å². The lowest BCUT2D eigenvalue weighted by Crippen LogP contribution is -2.55. The van der Waals surface area contributed by atoms with E-state index >= 15 is 0 Å². The normalized spacial score (nSPS) is 24.2. The highest BCUT2D eigenvalue weighted by Crippen LogP contribution is 2.25. The van der Waals surface area contributed by atoms with Crippen molar-refractivity contribution >= 4 is 17.8 Å². The van der Waals surface area contributed by atoms with Crippen molar-refractivity contribution in [1.29, 1.82) is 0 Å². The maximum Gasteiger partial charge on any atom is 0.410 e. The molecule has 2 atom stereocenters. The number of ketones is 1. The number of hydrogen-bond acceptors (Lipinski definition) is 4. The molecule has 1 aliphatic rings. The van der Waals surface area contributed by atoms with Crippen LogP contribution in [0.4, 0.5) is 4.79 Å². The van der Waals surface area contributed by atoms with Crippen molar-refractivity contribution in [3.05, 3.63) is 0 Å². The van der Waals surface area contributed by atoms with Crippen molar-refractivity contribution < 1.29 is 24.2 Å². The zero-order valence-corrected chi connectivity index (χ0v) is 11.8. The summed E-state index contributed by atoms with van der Waals surface area (Å²) in [4.78, 5) is 36.3. The van der Waals surface area contributed by atoms with Crippen LogP contribution in [0.3, 0.4) is 0 Å². The number of carbonyl (C=O) groups is 3. The zero-order valence-electron chi connectivity index (χ0n) is 11.8. The van der Waals surface area contributed by atoms with Gasteiger partial charge in [0.05, 0.1) is 6.04 Å². The molecule has 6 nitrogen and oxygen atoms in total. The van der Waals surface area contributed by atoms with Gasteiger partial charge in [0.25, 0.3) is 0 Å². The van der Waals surface area contributed by atoms with Crippen LogP contribution in [0.2, 0.25) is 0 Å². The van der Waals surface area contributed by atoms with Gasteiger partial charge in [0.2, 0.25) is 0 Å². The molecule has 0 aromatic carbocycles. The van der Waals surface area contributed by atoms with E-state index in [1.54, 1.807) is 27.7 Å². The maximum atomic E-state index is 12.1. The van der Waals surface area contributed by atoms with Gasteiger partial charge in [-0.3, -0.25) is 9.59 Å². The van der Waals surface area contributed by atoms with Crippen LogP contribution in [-0.4, -0.2) is 46.0 Å². The van der Waals surface area contributed by atoms with E-state index in [4.69, 9.17) is 9.84 Å². The zero-order chi connectivity index (χ0) is 14.8. The molecule has 0 aromatic heterocycles. The second-order valence-corrected chi connectivity index (χ2v) is 5.68. The molecule has 1 amide bonds. The fourth-order valence-electron chi connectivity index (χ4n) is 2.25. The van der Waals surface area contributed by atoms with Crippen molar-refractivity contribution in [3.8, 4) is 0 Å². The Labute approximate surface area is 112 Å². The van der Waals surface area contributed by atoms with Crippen LogP contribution in [0.5, 0.6) is 0 Å². The predicted octanol–water partition coefficient (Wildman–Crippen LogP) is 1.68. The fraction of sp³-hybridized carbons (Fsp3) is 0.769. The summed E-state index contributed by atoms with van der Waals surface area (Å²) < 4.78 is 5.26. The molecule has 2 unspecified atom stereocenters. The fourth-order valence-corrected chi connectivity index (χ4v) is 2.25. The molecular weight excluding hydrogens is 250 g/mol. The summed E-state index contributed by atoms with van der Waals surface area (Å²) in [6.45, 7) is 7.22. The standard InChI is InChI=1S/C13H21NO5/c1-5-8-10(11(16)17)9(15)6-7-14(8)12(18)19-13(2,3)4/h8,10H,5-7H2,1-4H3,(H,16,17). The summed E-state index contributed by atoms with van der Waals surface area (Å²) in [7, 11) is 0. The first-order valence-corrected chi connectivity index (χ1v) is 6.42. The highest BCUT2D eigenvalue weighted by molar-refractivity contribution is 6.00. The first-order chi connectivity index (χ1) is 8.67. The van der Waals surface area contributed by atoms with Crippen molar-refractivity contribution in [2.24, 2.45) is 5.92 Å². The van der Waals surface area contributed by atoms with Crippen LogP contribution in [-0.2, 0) is 14.3 Å². The van der Waals surface area contributed by atoms with Crippen molar-refractivity contribution in [3.63, 3.8) is 0 Å². The average Bonchev–Trinajstić information content (AvgIpc) is 2.25. The third kappa shape index (κ3) is 3.68. The Bertz CT molecular complexity index is 385. The molecule has 0 aromatic rings. The number of carbonyl (C=O) groups excluding carboxylic acids is 2. The van der Waals surface area contributed by atoms with E-state index in [2.05, 4.69) is 0 Å². The minimum atomic E-state index is -1.18. The Morgan fingerprint density at radius 3 is 2.42 bits per heavy atom. The second-order valence-electron chi connectivity index (χ2n) is 5.68. The second kappa shape index (κ2) is 5.59. The molecule has 19 heavy (non-hydrogen) atoms. The van der Waals surface area contributed by atoms with Gasteiger partial charge in [-0.25, -0.2) is 4.79 Å². The Balaban J connectivity index is 2.92. The summed E-state index contributed by atoms with van der Waals surface area (Å²) in [5.41, 5.74) is -0.643. The number of Topliss-reactive ketones (excluding diaryl/α,β-unsaturated/α-hetero) is 1. The van der Waals surface area contributed by atoms with Crippen LogP contribution < -0.4 is 0 Å². The van der Waals surface area contributed by atoms with Crippen LogP contribution in [0, 0.1) is 5.92 Å². The van der Waals surface area contributed by atoms with Gasteiger partial charge in [-0.15, -0.1) is 0 Å². The molecule has 0 aliphatic carbocycles. The lowest BCUT2D eigenvalue weighted by Gasteiger charge is -2.38. The monoisotopic (exact) mass is 271 g/mol. The summed E-state index contributed by atoms with van der Waals surface area (Å²) in [5, 5.41) is 9.14. The Hall–Kier alpha value is -1.59. The van der Waals surface area contributed by atoms with Gasteiger partial charge in [-0.1, -0.05) is 6.92 Å². The van der Waals surface area contributed by atoms with Crippen molar-refractivity contribution in [2.45, 2.75) is 52.2 Å². The topological polar surface area (TPSA) is 83.9 Å². The molecule has 0 radical (unpaired) electrons. The number of likely N-dealkylation sites (tertiary alicyclic amines) is 1. The SMILES string of the molecule is CCC1C(C(=O)O)C(=O)CCN1C(=O)OC(C)(C)C. The number of nitrogens with zero attached hydrogens (tertiary/aromatic N) is 1. The average molecular weight is 271 g/mol. The summed E-state index contributed by atoms with van der Waals surface area (Å²) in [6.07, 6.45) is -0.0904. The van der Waals surface area contributed by atoms with Gasteiger partial charge < -0.3 is 14.7 Å². The van der Waals surface area contributed by atoms with E-state index in [0.717, 1.165) is 0 Å². The first kappa shape index (κ1) is 15.5. The molecule has 1 heterocycles. The third-order valence-electron chi connectivity index (χ3n) is 3.04. The Morgan fingerprint density at radius 2 is 2.00 bits per heavy atom. The number of carboxylic acid groups (broad SMARTS) is 1. The van der Waals surface area contributed by atoms with Gasteiger partial charge in [0.1, 0.15) is 11.5 Å². The van der Waals surface area contributed by atoms with E-state index < -0.39 is 29.6 Å². The van der Waals surface area contributed by atoms with Crippen LogP contribution in [0.1, 0.15) is 40.5 Å². The predicted molar refractivity (Wildman–Crippen MR) is 67.8 cm³/mol. The minimum Gasteiger partial charge on any atom is -0.481 e. The van der Waals surface area contributed by atoms with Crippen molar-refractivity contribution in [2.75, 3.05) is 6.54 Å². The number of piperidine rings is 1. The molecule has 0 bridgehead atoms. The van der Waals surface area contributed by atoms with E-state index in [1.807, 2.05) is 0 Å². The third-order valence-corrected chi connectivity index (χ3v) is 3.04. The summed E-state index contributed by atoms with van der Waals surface area (Å²) in [5.74, 6) is -2.64. The van der Waals surface area contributed by atoms with Gasteiger partial charge in [0.15, 0.2) is 5.78 Å². The maximum absolute atomic E-state index is 12.1. The number of amides is 1. The lowest BCUT2D eigenvalue weighted by molar-refractivity contribution is -0.151. The van der Waals surface area contributed by atoms with Gasteiger partial charge in [-0.2, -0.15) is 0 Å². The van der Waals surface area contributed by atoms with E-state index in [-0.39, 0.29) is 18.7 Å². The van der Waals surface area contributed by atoms with Crippen LogP contribution >= 0.6 is 0 Å². The molecule has 6 heteroatoms.